The van der Waals surface area contributed by atoms with Gasteiger partial charge >= 0.3 is 0 Å². The highest BCUT2D eigenvalue weighted by Gasteiger charge is 2.16. The van der Waals surface area contributed by atoms with Gasteiger partial charge in [0.05, 0.1) is 5.56 Å². The van der Waals surface area contributed by atoms with E-state index in [0.717, 1.165) is 32.0 Å². The maximum absolute atomic E-state index is 12.1. The van der Waals surface area contributed by atoms with Crippen molar-refractivity contribution in [3.63, 3.8) is 0 Å². The molecule has 2 aromatic heterocycles. The fraction of sp³-hybridized carbons (Fsp3) is 0.333. The number of aromatic amines is 1. The Morgan fingerprint density at radius 3 is 2.70 bits per heavy atom. The van der Waals surface area contributed by atoms with Crippen LogP contribution in [0.3, 0.4) is 0 Å². The first-order valence-electron chi connectivity index (χ1n) is 7.37. The molecule has 2 aromatic rings. The summed E-state index contributed by atoms with van der Waals surface area (Å²) in [6, 6.07) is 4.54. The zero-order valence-electron chi connectivity index (χ0n) is 12.8. The summed E-state index contributed by atoms with van der Waals surface area (Å²) >= 11 is 0. The van der Waals surface area contributed by atoms with Crippen molar-refractivity contribution in [2.45, 2.75) is 0 Å². The Labute approximate surface area is 133 Å². The highest BCUT2D eigenvalue weighted by atomic mass is 16.2. The van der Waals surface area contributed by atoms with Gasteiger partial charge in [-0.2, -0.15) is 0 Å². The average Bonchev–Trinajstić information content (AvgIpc) is 2.56. The Balaban J connectivity index is 1.71. The maximum Gasteiger partial charge on any atom is 0.258 e. The third kappa shape index (κ3) is 3.72. The first kappa shape index (κ1) is 15.2. The minimum Gasteiger partial charge on any atom is -0.354 e. The second-order valence-electron chi connectivity index (χ2n) is 5.45. The van der Waals surface area contributed by atoms with Gasteiger partial charge in [-0.15, -0.1) is 0 Å². The minimum absolute atomic E-state index is 0.249. The zero-order valence-corrected chi connectivity index (χ0v) is 12.8. The van der Waals surface area contributed by atoms with E-state index in [4.69, 9.17) is 0 Å². The van der Waals surface area contributed by atoms with Gasteiger partial charge in [0.1, 0.15) is 18.0 Å². The SMILES string of the molecule is CN1CCN(c2cc(NC(=O)c3ccc(=O)[nH]c3)ncn2)CC1. The smallest absolute Gasteiger partial charge is 0.258 e. The lowest BCUT2D eigenvalue weighted by Crippen LogP contribution is -2.44. The van der Waals surface area contributed by atoms with E-state index >= 15 is 0 Å². The number of nitrogens with one attached hydrogen (secondary N) is 2. The molecule has 0 aliphatic carbocycles. The highest BCUT2D eigenvalue weighted by Crippen LogP contribution is 2.16. The summed E-state index contributed by atoms with van der Waals surface area (Å²) < 4.78 is 0. The van der Waals surface area contributed by atoms with E-state index in [1.165, 1.54) is 24.7 Å². The normalized spacial score (nSPS) is 15.4. The highest BCUT2D eigenvalue weighted by molar-refractivity contribution is 6.03. The van der Waals surface area contributed by atoms with Crippen molar-refractivity contribution in [2.75, 3.05) is 43.4 Å². The van der Waals surface area contributed by atoms with E-state index < -0.39 is 0 Å². The minimum atomic E-state index is -0.329. The predicted molar refractivity (Wildman–Crippen MR) is 86.8 cm³/mol. The number of carbonyl (C=O) groups is 1. The van der Waals surface area contributed by atoms with Gasteiger partial charge in [-0.25, -0.2) is 9.97 Å². The average molecular weight is 314 g/mol. The first-order chi connectivity index (χ1) is 11.1. The second-order valence-corrected chi connectivity index (χ2v) is 5.45. The molecule has 0 saturated carbocycles. The molecule has 1 saturated heterocycles. The topological polar surface area (TPSA) is 94.2 Å². The maximum atomic E-state index is 12.1. The van der Waals surface area contributed by atoms with Crippen LogP contribution in [0.25, 0.3) is 0 Å². The monoisotopic (exact) mass is 314 g/mol. The molecule has 0 spiro atoms. The summed E-state index contributed by atoms with van der Waals surface area (Å²) in [4.78, 5) is 38.4. The van der Waals surface area contributed by atoms with Crippen LogP contribution in [-0.2, 0) is 0 Å². The third-order valence-electron chi connectivity index (χ3n) is 3.77. The molecule has 0 atom stereocenters. The van der Waals surface area contributed by atoms with E-state index in [1.807, 2.05) is 0 Å². The van der Waals surface area contributed by atoms with Crippen LogP contribution >= 0.6 is 0 Å². The summed E-state index contributed by atoms with van der Waals surface area (Å²) in [6.07, 6.45) is 2.82. The number of aromatic nitrogens is 3. The largest absolute Gasteiger partial charge is 0.354 e. The van der Waals surface area contributed by atoms with Crippen molar-refractivity contribution >= 4 is 17.5 Å². The Kier molecular flexibility index (Phi) is 4.33. The summed E-state index contributed by atoms with van der Waals surface area (Å²) in [7, 11) is 2.09. The number of hydrogen-bond donors (Lipinski definition) is 2. The molecule has 1 aliphatic rings. The van der Waals surface area contributed by atoms with Crippen LogP contribution in [0.2, 0.25) is 0 Å². The van der Waals surface area contributed by atoms with E-state index in [1.54, 1.807) is 6.07 Å². The van der Waals surface area contributed by atoms with E-state index in [9.17, 15) is 9.59 Å². The van der Waals surface area contributed by atoms with Crippen molar-refractivity contribution in [1.82, 2.24) is 19.9 Å². The van der Waals surface area contributed by atoms with E-state index in [2.05, 4.69) is 37.1 Å². The summed E-state index contributed by atoms with van der Waals surface area (Å²) in [5.74, 6) is 0.902. The van der Waals surface area contributed by atoms with Crippen LogP contribution in [-0.4, -0.2) is 59.0 Å². The summed E-state index contributed by atoms with van der Waals surface area (Å²) in [5, 5.41) is 2.72. The molecule has 23 heavy (non-hydrogen) atoms. The molecule has 8 nitrogen and oxygen atoms in total. The molecule has 0 radical (unpaired) electrons. The standard InChI is InChI=1S/C15H18N6O2/c1-20-4-6-21(7-5-20)13-8-12(17-10-18-13)19-15(23)11-2-3-14(22)16-9-11/h2-3,8-10H,4-7H2,1H3,(H,16,22)(H,17,18,19,23). The predicted octanol–water partition coefficient (Wildman–Crippen LogP) is 0.169. The van der Waals surface area contributed by atoms with Crippen LogP contribution in [0.5, 0.6) is 0 Å². The van der Waals surface area contributed by atoms with Gasteiger partial charge in [-0.1, -0.05) is 0 Å². The molecule has 120 valence electrons. The van der Waals surface area contributed by atoms with Crippen molar-refractivity contribution in [2.24, 2.45) is 0 Å². The molecule has 0 unspecified atom stereocenters. The fourth-order valence-electron chi connectivity index (χ4n) is 2.36. The quantitative estimate of drug-likeness (QED) is 0.839. The van der Waals surface area contributed by atoms with Crippen LogP contribution in [0.4, 0.5) is 11.6 Å². The molecule has 0 bridgehead atoms. The van der Waals surface area contributed by atoms with Crippen molar-refractivity contribution in [3.8, 4) is 0 Å². The number of rotatable bonds is 3. The molecular formula is C15H18N6O2. The van der Waals surface area contributed by atoms with Gasteiger partial charge in [0, 0.05) is 44.5 Å². The Morgan fingerprint density at radius 1 is 1.22 bits per heavy atom. The number of carbonyl (C=O) groups excluding carboxylic acids is 1. The molecular weight excluding hydrogens is 296 g/mol. The summed E-state index contributed by atoms with van der Waals surface area (Å²) in [5.41, 5.74) is 0.116. The molecule has 3 rings (SSSR count). The van der Waals surface area contributed by atoms with Gasteiger partial charge in [0.2, 0.25) is 5.56 Å². The van der Waals surface area contributed by atoms with Gasteiger partial charge in [-0.05, 0) is 13.1 Å². The van der Waals surface area contributed by atoms with E-state index in [0.29, 0.717) is 11.4 Å². The van der Waals surface area contributed by atoms with Gasteiger partial charge in [0.15, 0.2) is 0 Å². The number of piperazine rings is 1. The molecule has 1 aliphatic heterocycles. The van der Waals surface area contributed by atoms with Gasteiger partial charge in [0.25, 0.3) is 5.91 Å². The number of hydrogen-bond acceptors (Lipinski definition) is 6. The lowest BCUT2D eigenvalue weighted by atomic mass is 10.2. The Morgan fingerprint density at radius 2 is 2.00 bits per heavy atom. The van der Waals surface area contributed by atoms with Crippen molar-refractivity contribution in [1.29, 1.82) is 0 Å². The number of anilines is 2. The molecule has 1 amide bonds. The zero-order chi connectivity index (χ0) is 16.2. The molecule has 8 heteroatoms. The lowest BCUT2D eigenvalue weighted by molar-refractivity contribution is 0.102. The van der Waals surface area contributed by atoms with Gasteiger partial charge in [-0.3, -0.25) is 9.59 Å². The van der Waals surface area contributed by atoms with E-state index in [-0.39, 0.29) is 11.5 Å². The summed E-state index contributed by atoms with van der Waals surface area (Å²) in [6.45, 7) is 3.73. The first-order valence-corrected chi connectivity index (χ1v) is 7.37. The Hall–Kier alpha value is -2.74. The van der Waals surface area contributed by atoms with Crippen molar-refractivity contribution in [3.05, 3.63) is 46.6 Å². The Bertz CT molecular complexity index is 731. The molecule has 1 fully saturated rings. The molecule has 3 heterocycles. The van der Waals surface area contributed by atoms with Crippen LogP contribution < -0.4 is 15.8 Å². The fourth-order valence-corrected chi connectivity index (χ4v) is 2.36. The third-order valence-corrected chi connectivity index (χ3v) is 3.77. The lowest BCUT2D eigenvalue weighted by Gasteiger charge is -2.33. The number of pyridine rings is 1. The molecule has 0 aromatic carbocycles. The van der Waals surface area contributed by atoms with Crippen LogP contribution in [0.1, 0.15) is 10.4 Å². The second kappa shape index (κ2) is 6.57. The van der Waals surface area contributed by atoms with Crippen LogP contribution in [0.15, 0.2) is 35.5 Å². The molecule has 2 N–H and O–H groups in total. The number of H-pyrrole nitrogens is 1. The number of nitrogens with zero attached hydrogens (tertiary/aromatic N) is 4. The van der Waals surface area contributed by atoms with Crippen molar-refractivity contribution < 1.29 is 4.79 Å². The number of amides is 1. The van der Waals surface area contributed by atoms with Crippen LogP contribution in [0, 0.1) is 0 Å². The number of likely N-dealkylation sites (N-methyl/N-ethyl adjacent to an activating group) is 1. The van der Waals surface area contributed by atoms with Gasteiger partial charge < -0.3 is 20.1 Å².